The molecule has 0 spiro atoms. The van der Waals surface area contributed by atoms with Crippen LogP contribution in [0, 0.1) is 13.8 Å². The average Bonchev–Trinajstić information content (AvgIpc) is 3.22. The molecule has 0 unspecified atom stereocenters. The molecule has 0 bridgehead atoms. The molecular formula is C22H25N5O2. The molecule has 1 aromatic carbocycles. The summed E-state index contributed by atoms with van der Waals surface area (Å²) in [4.78, 5) is 30.8. The van der Waals surface area contributed by atoms with E-state index in [1.807, 2.05) is 60.7 Å². The van der Waals surface area contributed by atoms with Crippen LogP contribution in [0.4, 0.5) is 0 Å². The van der Waals surface area contributed by atoms with Gasteiger partial charge in [0.05, 0.1) is 0 Å². The lowest BCUT2D eigenvalue weighted by Gasteiger charge is -2.06. The second-order valence-corrected chi connectivity index (χ2v) is 7.31. The summed E-state index contributed by atoms with van der Waals surface area (Å²) < 4.78 is 6.73. The van der Waals surface area contributed by atoms with Crippen molar-refractivity contribution in [1.82, 2.24) is 23.1 Å². The van der Waals surface area contributed by atoms with Crippen molar-refractivity contribution in [1.29, 1.82) is 0 Å². The van der Waals surface area contributed by atoms with E-state index in [1.165, 1.54) is 9.13 Å². The maximum atomic E-state index is 13.3. The summed E-state index contributed by atoms with van der Waals surface area (Å²) in [6.45, 7) is 7.15. The van der Waals surface area contributed by atoms with E-state index in [9.17, 15) is 9.59 Å². The quantitative estimate of drug-likeness (QED) is 0.525. The first kappa shape index (κ1) is 19.0. The predicted octanol–water partition coefficient (Wildman–Crippen LogP) is 2.89. The second-order valence-electron chi connectivity index (χ2n) is 7.31. The van der Waals surface area contributed by atoms with Gasteiger partial charge in [0.15, 0.2) is 11.2 Å². The zero-order valence-corrected chi connectivity index (χ0v) is 17.2. The standard InChI is InChI=1S/C22H25N5O2/c1-5-13-25-15(2)16(3)27-18-19(23-21(25)27)24(4)22(29)26(20(18)28)14-9-12-17-10-7-6-8-11-17/h6-12H,5,13-14H2,1-4H3/b12-9+. The van der Waals surface area contributed by atoms with Crippen LogP contribution < -0.4 is 11.2 Å². The molecule has 7 heteroatoms. The summed E-state index contributed by atoms with van der Waals surface area (Å²) >= 11 is 0. The molecule has 150 valence electrons. The van der Waals surface area contributed by atoms with Crippen LogP contribution in [0.3, 0.4) is 0 Å². The molecule has 0 aliphatic rings. The van der Waals surface area contributed by atoms with E-state index in [2.05, 4.69) is 16.5 Å². The molecule has 3 heterocycles. The third-order valence-electron chi connectivity index (χ3n) is 5.47. The summed E-state index contributed by atoms with van der Waals surface area (Å²) in [6, 6.07) is 9.80. The molecule has 0 N–H and O–H groups in total. The first-order valence-electron chi connectivity index (χ1n) is 9.85. The molecule has 0 saturated carbocycles. The summed E-state index contributed by atoms with van der Waals surface area (Å²) in [5.41, 5.74) is 3.27. The highest BCUT2D eigenvalue weighted by Crippen LogP contribution is 2.20. The van der Waals surface area contributed by atoms with Gasteiger partial charge in [-0.1, -0.05) is 49.4 Å². The van der Waals surface area contributed by atoms with E-state index in [4.69, 9.17) is 0 Å². The minimum Gasteiger partial charge on any atom is -0.314 e. The van der Waals surface area contributed by atoms with Crippen LogP contribution in [0.1, 0.15) is 30.3 Å². The summed E-state index contributed by atoms with van der Waals surface area (Å²) in [5, 5.41) is 0. The van der Waals surface area contributed by atoms with Crippen molar-refractivity contribution < 1.29 is 0 Å². The topological polar surface area (TPSA) is 66.2 Å². The minimum absolute atomic E-state index is 0.206. The largest absolute Gasteiger partial charge is 0.332 e. The van der Waals surface area contributed by atoms with Crippen LogP contribution in [0.2, 0.25) is 0 Å². The van der Waals surface area contributed by atoms with Crippen LogP contribution in [-0.4, -0.2) is 23.1 Å². The number of aryl methyl sites for hydroxylation is 3. The van der Waals surface area contributed by atoms with Crippen LogP contribution in [-0.2, 0) is 20.1 Å². The molecule has 0 aliphatic heterocycles. The monoisotopic (exact) mass is 391 g/mol. The Balaban J connectivity index is 1.92. The molecule has 7 nitrogen and oxygen atoms in total. The SMILES string of the molecule is CCCn1c(C)c(C)n2c3c(=O)n(C/C=C/c4ccccc4)c(=O)n(C)c3nc12. The van der Waals surface area contributed by atoms with Gasteiger partial charge in [0.2, 0.25) is 5.78 Å². The maximum Gasteiger partial charge on any atom is 0.332 e. The Bertz CT molecular complexity index is 1350. The zero-order chi connectivity index (χ0) is 20.7. The van der Waals surface area contributed by atoms with E-state index in [-0.39, 0.29) is 17.8 Å². The van der Waals surface area contributed by atoms with E-state index in [1.54, 1.807) is 7.05 Å². The van der Waals surface area contributed by atoms with Gasteiger partial charge >= 0.3 is 5.69 Å². The molecule has 4 rings (SSSR count). The summed E-state index contributed by atoms with van der Waals surface area (Å²) in [6.07, 6.45) is 4.71. The molecule has 3 aromatic heterocycles. The first-order valence-corrected chi connectivity index (χ1v) is 9.85. The van der Waals surface area contributed by atoms with E-state index >= 15 is 0 Å². The Hall–Kier alpha value is -3.35. The fraction of sp³-hybridized carbons (Fsp3) is 0.318. The molecule has 0 atom stereocenters. The third-order valence-corrected chi connectivity index (χ3v) is 5.47. The maximum absolute atomic E-state index is 13.3. The van der Waals surface area contributed by atoms with Gasteiger partial charge in [0, 0.05) is 31.5 Å². The number of hydrogen-bond donors (Lipinski definition) is 0. The van der Waals surface area contributed by atoms with E-state index in [0.29, 0.717) is 16.9 Å². The van der Waals surface area contributed by atoms with Crippen LogP contribution >= 0.6 is 0 Å². The van der Waals surface area contributed by atoms with Crippen LogP contribution in [0.5, 0.6) is 0 Å². The normalized spacial score (nSPS) is 12.0. The van der Waals surface area contributed by atoms with Gasteiger partial charge in [-0.25, -0.2) is 4.79 Å². The lowest BCUT2D eigenvalue weighted by molar-refractivity contribution is 0.665. The van der Waals surface area contributed by atoms with Crippen molar-refractivity contribution in [2.75, 3.05) is 0 Å². The fourth-order valence-corrected chi connectivity index (χ4v) is 3.83. The number of imidazole rings is 2. The Labute approximate surface area is 168 Å². The molecule has 0 saturated heterocycles. The van der Waals surface area contributed by atoms with Crippen molar-refractivity contribution in [3.8, 4) is 0 Å². The van der Waals surface area contributed by atoms with E-state index in [0.717, 1.165) is 29.9 Å². The fourth-order valence-electron chi connectivity index (χ4n) is 3.83. The Kier molecular flexibility index (Phi) is 4.74. The molecule has 0 aliphatic carbocycles. The number of fused-ring (bicyclic) bond motifs is 3. The van der Waals surface area contributed by atoms with Crippen LogP contribution in [0.15, 0.2) is 46.0 Å². The smallest absolute Gasteiger partial charge is 0.314 e. The minimum atomic E-state index is -0.364. The predicted molar refractivity (Wildman–Crippen MR) is 115 cm³/mol. The van der Waals surface area contributed by atoms with Crippen LogP contribution in [0.25, 0.3) is 23.0 Å². The van der Waals surface area contributed by atoms with Gasteiger partial charge in [0.25, 0.3) is 5.56 Å². The van der Waals surface area contributed by atoms with Gasteiger partial charge in [-0.3, -0.25) is 18.3 Å². The second kappa shape index (κ2) is 7.24. The molecule has 0 amide bonds. The van der Waals surface area contributed by atoms with Gasteiger partial charge in [0.1, 0.15) is 0 Å². The highest BCUT2D eigenvalue weighted by atomic mass is 16.2. The van der Waals surface area contributed by atoms with Crippen molar-refractivity contribution >= 4 is 23.0 Å². The van der Waals surface area contributed by atoms with Gasteiger partial charge < -0.3 is 4.57 Å². The van der Waals surface area contributed by atoms with Crippen molar-refractivity contribution in [3.05, 3.63) is 74.2 Å². The Morgan fingerprint density at radius 2 is 1.76 bits per heavy atom. The number of nitrogens with zero attached hydrogens (tertiary/aromatic N) is 5. The third kappa shape index (κ3) is 2.93. The highest BCUT2D eigenvalue weighted by Gasteiger charge is 2.21. The van der Waals surface area contributed by atoms with Crippen molar-refractivity contribution in [2.45, 2.75) is 40.3 Å². The molecular weight excluding hydrogens is 366 g/mol. The van der Waals surface area contributed by atoms with Gasteiger partial charge in [-0.05, 0) is 25.8 Å². The number of hydrogen-bond acceptors (Lipinski definition) is 3. The lowest BCUT2D eigenvalue weighted by atomic mass is 10.2. The number of aromatic nitrogens is 5. The number of rotatable bonds is 5. The summed E-state index contributed by atoms with van der Waals surface area (Å²) in [7, 11) is 1.67. The molecule has 4 aromatic rings. The molecule has 0 fully saturated rings. The van der Waals surface area contributed by atoms with Gasteiger partial charge in [-0.2, -0.15) is 4.98 Å². The van der Waals surface area contributed by atoms with E-state index < -0.39 is 0 Å². The average molecular weight is 391 g/mol. The van der Waals surface area contributed by atoms with Crippen molar-refractivity contribution in [3.63, 3.8) is 0 Å². The first-order chi connectivity index (χ1) is 14.0. The lowest BCUT2D eigenvalue weighted by Crippen LogP contribution is -2.39. The molecule has 29 heavy (non-hydrogen) atoms. The highest BCUT2D eigenvalue weighted by molar-refractivity contribution is 5.76. The summed E-state index contributed by atoms with van der Waals surface area (Å²) in [5.74, 6) is 0.710. The molecule has 0 radical (unpaired) electrons. The number of benzene rings is 1. The van der Waals surface area contributed by atoms with Crippen molar-refractivity contribution in [2.24, 2.45) is 7.05 Å². The Morgan fingerprint density at radius 3 is 2.45 bits per heavy atom. The van der Waals surface area contributed by atoms with Gasteiger partial charge in [-0.15, -0.1) is 0 Å². The zero-order valence-electron chi connectivity index (χ0n) is 17.2. The Morgan fingerprint density at radius 1 is 1.03 bits per heavy atom. The number of allylic oxidation sites excluding steroid dienone is 1.